The summed E-state index contributed by atoms with van der Waals surface area (Å²) < 4.78 is 4.84. The Labute approximate surface area is 168 Å². The Morgan fingerprint density at radius 1 is 1.31 bits per heavy atom. The molecule has 1 aromatic carbocycles. The highest BCUT2D eigenvalue weighted by Gasteiger charge is 2.49. The summed E-state index contributed by atoms with van der Waals surface area (Å²) in [6.45, 7) is 0.689. The van der Waals surface area contributed by atoms with Gasteiger partial charge < -0.3 is 25.2 Å². The molecule has 0 aromatic heterocycles. The van der Waals surface area contributed by atoms with Gasteiger partial charge in [-0.3, -0.25) is 14.4 Å². The zero-order chi connectivity index (χ0) is 20.8. The van der Waals surface area contributed by atoms with Gasteiger partial charge in [-0.2, -0.15) is 0 Å². The molecule has 0 radical (unpaired) electrons. The van der Waals surface area contributed by atoms with Crippen LogP contribution in [0.3, 0.4) is 0 Å². The maximum Gasteiger partial charge on any atom is 0.311 e. The number of para-hydroxylation sites is 1. The molecule has 4 rings (SSSR count). The predicted molar refractivity (Wildman–Crippen MR) is 103 cm³/mol. The van der Waals surface area contributed by atoms with E-state index in [-0.39, 0.29) is 37.1 Å². The standard InChI is InChI=1S/C21H26N2O6/c1-29-19(26)18-13-10-17(25)23(11-12(13)6-7-16(18)24)9-8-21(28)14-4-2-3-5-15(14)22-20(21)27/h2-5,12-13,16,18,24,28H,6-11H2,1H3,(H,22,27)/t12-,13-,16+,18+,21-/m0/s1. The Bertz CT molecular complexity index is 842. The van der Waals surface area contributed by atoms with Crippen LogP contribution in [-0.4, -0.2) is 59.2 Å². The average Bonchev–Trinajstić information content (AvgIpc) is 2.96. The Morgan fingerprint density at radius 3 is 2.83 bits per heavy atom. The Morgan fingerprint density at radius 2 is 2.07 bits per heavy atom. The van der Waals surface area contributed by atoms with Crippen molar-refractivity contribution in [3.05, 3.63) is 29.8 Å². The summed E-state index contributed by atoms with van der Waals surface area (Å²) in [5.74, 6) is -1.92. The SMILES string of the molecule is COC(=O)[C@@H]1[C@H]2CC(=O)N(CC[C@@]3(O)C(=O)Nc4ccccc43)C[C@@H]2CC[C@H]1O. The average molecular weight is 402 g/mol. The number of likely N-dealkylation sites (tertiary alicyclic amines) is 1. The maximum absolute atomic E-state index is 12.8. The third-order valence-electron chi connectivity index (χ3n) is 6.75. The summed E-state index contributed by atoms with van der Waals surface area (Å²) in [4.78, 5) is 38.9. The summed E-state index contributed by atoms with van der Waals surface area (Å²) >= 11 is 0. The van der Waals surface area contributed by atoms with Crippen molar-refractivity contribution >= 4 is 23.5 Å². The van der Waals surface area contributed by atoms with Gasteiger partial charge >= 0.3 is 5.97 Å². The van der Waals surface area contributed by atoms with Gasteiger partial charge in [-0.1, -0.05) is 18.2 Å². The van der Waals surface area contributed by atoms with E-state index in [2.05, 4.69) is 5.32 Å². The summed E-state index contributed by atoms with van der Waals surface area (Å²) in [5, 5.41) is 23.9. The molecule has 1 aromatic rings. The van der Waals surface area contributed by atoms with E-state index in [0.717, 1.165) is 6.42 Å². The Hall–Kier alpha value is -2.45. The van der Waals surface area contributed by atoms with Crippen LogP contribution < -0.4 is 5.32 Å². The number of hydrogen-bond donors (Lipinski definition) is 3. The van der Waals surface area contributed by atoms with Crippen LogP contribution in [0.5, 0.6) is 0 Å². The fraction of sp³-hybridized carbons (Fsp3) is 0.571. The second kappa shape index (κ2) is 7.42. The quantitative estimate of drug-likeness (QED) is 0.636. The molecule has 1 saturated heterocycles. The number of fused-ring (bicyclic) bond motifs is 2. The van der Waals surface area contributed by atoms with Crippen LogP contribution in [0, 0.1) is 17.8 Å². The lowest BCUT2D eigenvalue weighted by molar-refractivity contribution is -0.162. The largest absolute Gasteiger partial charge is 0.469 e. The molecule has 5 atom stereocenters. The van der Waals surface area contributed by atoms with Crippen LogP contribution in [-0.2, 0) is 24.7 Å². The van der Waals surface area contributed by atoms with Crippen molar-refractivity contribution in [3.63, 3.8) is 0 Å². The lowest BCUT2D eigenvalue weighted by Crippen LogP contribution is -2.53. The van der Waals surface area contributed by atoms with Gasteiger partial charge in [0.05, 0.1) is 19.1 Å². The van der Waals surface area contributed by atoms with Crippen LogP contribution in [0.15, 0.2) is 24.3 Å². The van der Waals surface area contributed by atoms with Crippen LogP contribution >= 0.6 is 0 Å². The van der Waals surface area contributed by atoms with Crippen LogP contribution in [0.25, 0.3) is 0 Å². The molecule has 0 bridgehead atoms. The number of aliphatic hydroxyl groups excluding tert-OH is 1. The number of esters is 1. The van der Waals surface area contributed by atoms with E-state index in [0.29, 0.717) is 24.2 Å². The number of benzene rings is 1. The molecule has 1 aliphatic carbocycles. The smallest absolute Gasteiger partial charge is 0.311 e. The number of methoxy groups -OCH3 is 1. The molecule has 29 heavy (non-hydrogen) atoms. The number of nitrogens with zero attached hydrogens (tertiary/aromatic N) is 1. The number of amides is 2. The third kappa shape index (κ3) is 3.30. The van der Waals surface area contributed by atoms with Crippen LogP contribution in [0.4, 0.5) is 5.69 Å². The number of carbonyl (C=O) groups excluding carboxylic acids is 3. The highest BCUT2D eigenvalue weighted by molar-refractivity contribution is 6.04. The number of rotatable bonds is 4. The summed E-state index contributed by atoms with van der Waals surface area (Å²) in [7, 11) is 1.29. The number of hydrogen-bond acceptors (Lipinski definition) is 6. The molecule has 0 unspecified atom stereocenters. The first-order valence-electron chi connectivity index (χ1n) is 10.0. The second-order valence-corrected chi connectivity index (χ2v) is 8.27. The molecule has 2 aliphatic heterocycles. The second-order valence-electron chi connectivity index (χ2n) is 8.27. The first kappa shape index (κ1) is 19.8. The predicted octanol–water partition coefficient (Wildman–Crippen LogP) is 0.625. The van der Waals surface area contributed by atoms with Crippen molar-refractivity contribution in [2.75, 3.05) is 25.5 Å². The molecule has 3 N–H and O–H groups in total. The molecule has 2 amide bonds. The van der Waals surface area contributed by atoms with Gasteiger partial charge in [0, 0.05) is 37.2 Å². The van der Waals surface area contributed by atoms with Gasteiger partial charge in [-0.15, -0.1) is 0 Å². The van der Waals surface area contributed by atoms with Crippen molar-refractivity contribution in [1.82, 2.24) is 4.90 Å². The number of piperidine rings is 1. The molecule has 2 heterocycles. The first-order chi connectivity index (χ1) is 13.8. The van der Waals surface area contributed by atoms with Gasteiger partial charge in [-0.25, -0.2) is 0 Å². The van der Waals surface area contributed by atoms with E-state index in [4.69, 9.17) is 4.74 Å². The molecule has 3 aliphatic rings. The summed E-state index contributed by atoms with van der Waals surface area (Å²) in [6.07, 6.45) is 0.673. The molecular formula is C21H26N2O6. The Kier molecular flexibility index (Phi) is 5.08. The normalized spacial score (nSPS) is 33.7. The van der Waals surface area contributed by atoms with Crippen molar-refractivity contribution in [1.29, 1.82) is 0 Å². The van der Waals surface area contributed by atoms with E-state index in [1.165, 1.54) is 7.11 Å². The van der Waals surface area contributed by atoms with Crippen molar-refractivity contribution in [3.8, 4) is 0 Å². The molecule has 156 valence electrons. The van der Waals surface area contributed by atoms with E-state index < -0.39 is 29.5 Å². The van der Waals surface area contributed by atoms with E-state index in [1.807, 2.05) is 0 Å². The number of aliphatic hydroxyl groups is 2. The van der Waals surface area contributed by atoms with Crippen LogP contribution in [0.2, 0.25) is 0 Å². The van der Waals surface area contributed by atoms with Gasteiger partial charge in [-0.05, 0) is 30.7 Å². The van der Waals surface area contributed by atoms with Crippen LogP contribution in [0.1, 0.15) is 31.2 Å². The highest BCUT2D eigenvalue weighted by atomic mass is 16.5. The minimum atomic E-state index is -1.66. The zero-order valence-corrected chi connectivity index (χ0v) is 16.3. The minimum absolute atomic E-state index is 0.0829. The van der Waals surface area contributed by atoms with E-state index in [9.17, 15) is 24.6 Å². The molecule has 0 spiro atoms. The number of carbonyl (C=O) groups is 3. The topological polar surface area (TPSA) is 116 Å². The fourth-order valence-corrected chi connectivity index (χ4v) is 5.12. The molecule has 8 heteroatoms. The zero-order valence-electron chi connectivity index (χ0n) is 16.3. The molecular weight excluding hydrogens is 376 g/mol. The third-order valence-corrected chi connectivity index (χ3v) is 6.75. The molecule has 8 nitrogen and oxygen atoms in total. The van der Waals surface area contributed by atoms with Gasteiger partial charge in [0.15, 0.2) is 5.60 Å². The Balaban J connectivity index is 1.46. The van der Waals surface area contributed by atoms with E-state index in [1.54, 1.807) is 29.2 Å². The van der Waals surface area contributed by atoms with Gasteiger partial charge in [0.2, 0.25) is 5.91 Å². The van der Waals surface area contributed by atoms with Gasteiger partial charge in [0.1, 0.15) is 0 Å². The monoisotopic (exact) mass is 402 g/mol. The first-order valence-corrected chi connectivity index (χ1v) is 10.0. The number of ether oxygens (including phenoxy) is 1. The minimum Gasteiger partial charge on any atom is -0.469 e. The lowest BCUT2D eigenvalue weighted by Gasteiger charge is -2.45. The summed E-state index contributed by atoms with van der Waals surface area (Å²) in [6, 6.07) is 7.00. The maximum atomic E-state index is 12.8. The molecule has 2 fully saturated rings. The lowest BCUT2D eigenvalue weighted by atomic mass is 9.67. The molecule has 1 saturated carbocycles. The fourth-order valence-electron chi connectivity index (χ4n) is 5.12. The van der Waals surface area contributed by atoms with Crippen molar-refractivity contribution < 1.29 is 29.3 Å². The van der Waals surface area contributed by atoms with Crippen molar-refractivity contribution in [2.45, 2.75) is 37.4 Å². The van der Waals surface area contributed by atoms with Gasteiger partial charge in [0.25, 0.3) is 5.91 Å². The summed E-state index contributed by atoms with van der Waals surface area (Å²) in [5.41, 5.74) is -0.545. The number of nitrogens with one attached hydrogen (secondary N) is 1. The van der Waals surface area contributed by atoms with Crippen molar-refractivity contribution in [2.24, 2.45) is 17.8 Å². The van der Waals surface area contributed by atoms with E-state index >= 15 is 0 Å². The number of anilines is 1. The highest BCUT2D eigenvalue weighted by Crippen LogP contribution is 2.42.